The van der Waals surface area contributed by atoms with Crippen LogP contribution in [-0.4, -0.2) is 59.5 Å². The van der Waals surface area contributed by atoms with E-state index in [4.69, 9.17) is 9.15 Å². The normalized spacial score (nSPS) is 14.4. The number of hydrogen-bond donors (Lipinski definition) is 0. The van der Waals surface area contributed by atoms with Gasteiger partial charge >= 0.3 is 5.97 Å². The zero-order valence-electron chi connectivity index (χ0n) is 16.6. The number of piperazine rings is 1. The molecular weight excluding hydrogens is 392 g/mol. The molecular formula is C20H22N4O4S. The van der Waals surface area contributed by atoms with Crippen molar-refractivity contribution in [2.45, 2.75) is 20.8 Å². The maximum atomic E-state index is 12.5. The molecule has 1 amide bonds. The summed E-state index contributed by atoms with van der Waals surface area (Å²) in [6.45, 7) is 8.29. The lowest BCUT2D eigenvalue weighted by Crippen LogP contribution is -2.49. The highest BCUT2D eigenvalue weighted by atomic mass is 32.1. The van der Waals surface area contributed by atoms with Crippen molar-refractivity contribution < 1.29 is 18.7 Å². The van der Waals surface area contributed by atoms with Crippen LogP contribution in [0.2, 0.25) is 0 Å². The van der Waals surface area contributed by atoms with Crippen LogP contribution in [0.25, 0.3) is 10.2 Å². The summed E-state index contributed by atoms with van der Waals surface area (Å²) >= 11 is 1.34. The van der Waals surface area contributed by atoms with Crippen LogP contribution in [0.4, 0.5) is 5.82 Å². The highest BCUT2D eigenvalue weighted by molar-refractivity contribution is 7.20. The highest BCUT2D eigenvalue weighted by Gasteiger charge is 2.28. The standard InChI is InChI=1S/C20H22N4O4S/c1-4-27-20(26)16-12(2)15-17(21-13(3)22-18(15)29-16)23-7-9-24(10-8-23)19(25)14-6-5-11-28-14/h5-6,11H,4,7-10H2,1-3H3. The van der Waals surface area contributed by atoms with E-state index in [-0.39, 0.29) is 11.9 Å². The average Bonchev–Trinajstić information content (AvgIpc) is 3.36. The van der Waals surface area contributed by atoms with Crippen molar-refractivity contribution in [3.05, 3.63) is 40.4 Å². The molecule has 1 fully saturated rings. The van der Waals surface area contributed by atoms with E-state index in [2.05, 4.69) is 14.9 Å². The third-order valence-electron chi connectivity index (χ3n) is 4.94. The van der Waals surface area contributed by atoms with Gasteiger partial charge in [0, 0.05) is 26.2 Å². The molecule has 0 saturated carbocycles. The first kappa shape index (κ1) is 19.4. The van der Waals surface area contributed by atoms with E-state index >= 15 is 0 Å². The van der Waals surface area contributed by atoms with Gasteiger partial charge in [0.1, 0.15) is 21.3 Å². The first-order valence-electron chi connectivity index (χ1n) is 9.52. The summed E-state index contributed by atoms with van der Waals surface area (Å²) in [4.78, 5) is 39.3. The van der Waals surface area contributed by atoms with Crippen LogP contribution in [0.1, 0.15) is 38.5 Å². The molecule has 1 aliphatic rings. The van der Waals surface area contributed by atoms with Crippen LogP contribution >= 0.6 is 11.3 Å². The van der Waals surface area contributed by atoms with Crippen LogP contribution in [0, 0.1) is 13.8 Å². The minimum Gasteiger partial charge on any atom is -0.462 e. The summed E-state index contributed by atoms with van der Waals surface area (Å²) in [6, 6.07) is 3.39. The van der Waals surface area contributed by atoms with Crippen molar-refractivity contribution in [3.63, 3.8) is 0 Å². The van der Waals surface area contributed by atoms with Gasteiger partial charge in [0.15, 0.2) is 5.76 Å². The van der Waals surface area contributed by atoms with Crippen molar-refractivity contribution in [3.8, 4) is 0 Å². The molecule has 0 N–H and O–H groups in total. The first-order valence-corrected chi connectivity index (χ1v) is 10.3. The number of fused-ring (bicyclic) bond motifs is 1. The molecule has 3 aromatic rings. The Morgan fingerprint density at radius 2 is 1.97 bits per heavy atom. The van der Waals surface area contributed by atoms with Crippen LogP contribution in [0.5, 0.6) is 0 Å². The van der Waals surface area contributed by atoms with Crippen molar-refractivity contribution in [2.24, 2.45) is 0 Å². The number of aryl methyl sites for hydroxylation is 2. The number of esters is 1. The topological polar surface area (TPSA) is 88.8 Å². The number of furan rings is 1. The predicted octanol–water partition coefficient (Wildman–Crippen LogP) is 3.04. The number of thiophene rings is 1. The second kappa shape index (κ2) is 7.82. The molecule has 0 aliphatic carbocycles. The molecule has 0 radical (unpaired) electrons. The van der Waals surface area contributed by atoms with Crippen LogP contribution < -0.4 is 4.90 Å². The number of amides is 1. The molecule has 3 aromatic heterocycles. The van der Waals surface area contributed by atoms with E-state index in [0.717, 1.165) is 21.6 Å². The number of rotatable bonds is 4. The van der Waals surface area contributed by atoms with E-state index in [0.29, 0.717) is 49.2 Å². The maximum absolute atomic E-state index is 12.5. The fourth-order valence-corrected chi connectivity index (χ4v) is 4.63. The third-order valence-corrected chi connectivity index (χ3v) is 6.11. The number of anilines is 1. The second-order valence-electron chi connectivity index (χ2n) is 6.81. The molecule has 0 spiro atoms. The van der Waals surface area contributed by atoms with Crippen molar-refractivity contribution in [1.29, 1.82) is 0 Å². The van der Waals surface area contributed by atoms with Crippen LogP contribution in [0.15, 0.2) is 22.8 Å². The van der Waals surface area contributed by atoms with E-state index in [9.17, 15) is 9.59 Å². The minimum absolute atomic E-state index is 0.102. The maximum Gasteiger partial charge on any atom is 0.348 e. The lowest BCUT2D eigenvalue weighted by atomic mass is 10.1. The van der Waals surface area contributed by atoms with Crippen molar-refractivity contribution >= 4 is 39.2 Å². The Balaban J connectivity index is 1.61. The van der Waals surface area contributed by atoms with Gasteiger partial charge in [-0.05, 0) is 38.5 Å². The molecule has 4 rings (SSSR count). The van der Waals surface area contributed by atoms with Crippen LogP contribution in [0.3, 0.4) is 0 Å². The summed E-state index contributed by atoms with van der Waals surface area (Å²) in [5, 5.41) is 0.884. The summed E-state index contributed by atoms with van der Waals surface area (Å²) in [5.74, 6) is 1.38. The Hall–Kier alpha value is -2.94. The van der Waals surface area contributed by atoms with Gasteiger partial charge in [0.05, 0.1) is 18.3 Å². The molecule has 1 aliphatic heterocycles. The fourth-order valence-electron chi connectivity index (χ4n) is 3.52. The summed E-state index contributed by atoms with van der Waals surface area (Å²) < 4.78 is 10.4. The number of carbonyl (C=O) groups excluding carboxylic acids is 2. The van der Waals surface area contributed by atoms with E-state index in [1.165, 1.54) is 17.6 Å². The molecule has 0 unspecified atom stereocenters. The van der Waals surface area contributed by atoms with E-state index in [1.54, 1.807) is 24.0 Å². The summed E-state index contributed by atoms with van der Waals surface area (Å²) in [6.07, 6.45) is 1.50. The van der Waals surface area contributed by atoms with E-state index in [1.807, 2.05) is 13.8 Å². The molecule has 1 saturated heterocycles. The molecule has 29 heavy (non-hydrogen) atoms. The van der Waals surface area contributed by atoms with Crippen LogP contribution in [-0.2, 0) is 4.74 Å². The van der Waals surface area contributed by atoms with Gasteiger partial charge < -0.3 is 19.0 Å². The van der Waals surface area contributed by atoms with Gasteiger partial charge in [-0.2, -0.15) is 0 Å². The quantitative estimate of drug-likeness (QED) is 0.606. The van der Waals surface area contributed by atoms with Gasteiger partial charge in [0.25, 0.3) is 5.91 Å². The Morgan fingerprint density at radius 1 is 1.21 bits per heavy atom. The highest BCUT2D eigenvalue weighted by Crippen LogP contribution is 2.36. The van der Waals surface area contributed by atoms with Gasteiger partial charge in [-0.1, -0.05) is 0 Å². The second-order valence-corrected chi connectivity index (χ2v) is 7.81. The SMILES string of the molecule is CCOC(=O)c1sc2nc(C)nc(N3CCN(C(=O)c4ccco4)CC3)c2c1C. The number of nitrogens with zero attached hydrogens (tertiary/aromatic N) is 4. The average molecular weight is 414 g/mol. The lowest BCUT2D eigenvalue weighted by molar-refractivity contribution is 0.0531. The molecule has 0 aromatic carbocycles. The number of aromatic nitrogens is 2. The van der Waals surface area contributed by atoms with Gasteiger partial charge in [-0.15, -0.1) is 11.3 Å². The zero-order valence-corrected chi connectivity index (χ0v) is 17.4. The third kappa shape index (κ3) is 3.57. The minimum atomic E-state index is -0.328. The Kier molecular flexibility index (Phi) is 5.23. The first-order chi connectivity index (χ1) is 14.0. The zero-order chi connectivity index (χ0) is 20.5. The number of carbonyl (C=O) groups is 2. The van der Waals surface area contributed by atoms with Gasteiger partial charge in [-0.3, -0.25) is 4.79 Å². The Labute approximate surface area is 172 Å². The largest absolute Gasteiger partial charge is 0.462 e. The monoisotopic (exact) mass is 414 g/mol. The van der Waals surface area contributed by atoms with Gasteiger partial charge in [-0.25, -0.2) is 14.8 Å². The Morgan fingerprint density at radius 3 is 2.62 bits per heavy atom. The predicted molar refractivity (Wildman–Crippen MR) is 110 cm³/mol. The number of hydrogen-bond acceptors (Lipinski definition) is 8. The summed E-state index contributed by atoms with van der Waals surface area (Å²) in [7, 11) is 0. The molecule has 9 heteroatoms. The smallest absolute Gasteiger partial charge is 0.348 e. The number of ether oxygens (including phenoxy) is 1. The fraction of sp³-hybridized carbons (Fsp3) is 0.400. The van der Waals surface area contributed by atoms with Gasteiger partial charge in [0.2, 0.25) is 0 Å². The molecule has 0 atom stereocenters. The van der Waals surface area contributed by atoms with Crippen molar-refractivity contribution in [1.82, 2.24) is 14.9 Å². The molecule has 4 heterocycles. The lowest BCUT2D eigenvalue weighted by Gasteiger charge is -2.35. The summed E-state index contributed by atoms with van der Waals surface area (Å²) in [5.41, 5.74) is 0.840. The Bertz CT molecular complexity index is 1050. The molecule has 152 valence electrons. The molecule has 0 bridgehead atoms. The van der Waals surface area contributed by atoms with E-state index < -0.39 is 0 Å². The van der Waals surface area contributed by atoms with Crippen molar-refractivity contribution in [2.75, 3.05) is 37.7 Å². The molecule has 8 nitrogen and oxygen atoms in total.